The molecular formula is C13H19N3O4S. The van der Waals surface area contributed by atoms with E-state index in [1.807, 2.05) is 0 Å². The third kappa shape index (κ3) is 2.93. The summed E-state index contributed by atoms with van der Waals surface area (Å²) in [7, 11) is -3.84. The molecule has 116 valence electrons. The maximum Gasteiger partial charge on any atom is 0.238 e. The molecule has 8 heteroatoms. The minimum Gasteiger partial charge on any atom is -0.379 e. The van der Waals surface area contributed by atoms with Gasteiger partial charge in [-0.15, -0.1) is 0 Å². The van der Waals surface area contributed by atoms with E-state index < -0.39 is 21.5 Å². The van der Waals surface area contributed by atoms with Crippen molar-refractivity contribution in [2.24, 2.45) is 16.3 Å². The Kier molecular flexibility index (Phi) is 4.07. The van der Waals surface area contributed by atoms with Gasteiger partial charge in [0, 0.05) is 11.7 Å². The zero-order chi connectivity index (χ0) is 15.8. The predicted molar refractivity (Wildman–Crippen MR) is 78.1 cm³/mol. The fourth-order valence-corrected chi connectivity index (χ4v) is 3.05. The van der Waals surface area contributed by atoms with Crippen LogP contribution in [0.1, 0.15) is 12.5 Å². The molecule has 21 heavy (non-hydrogen) atoms. The van der Waals surface area contributed by atoms with Crippen LogP contribution in [0.25, 0.3) is 0 Å². The molecule has 2 rings (SSSR count). The molecule has 0 bridgehead atoms. The molecule has 1 amide bonds. The molecule has 7 nitrogen and oxygen atoms in total. The average Bonchev–Trinajstić information content (AvgIpc) is 2.72. The number of primary sulfonamides is 1. The molecule has 0 aliphatic carbocycles. The highest BCUT2D eigenvalue weighted by Crippen LogP contribution is 2.30. The molecule has 2 atom stereocenters. The summed E-state index contributed by atoms with van der Waals surface area (Å²) in [6.07, 6.45) is 0. The second-order valence-corrected chi connectivity index (χ2v) is 7.00. The number of hydrogen-bond acceptors (Lipinski definition) is 5. The van der Waals surface area contributed by atoms with Crippen LogP contribution in [-0.2, 0) is 19.6 Å². The second-order valence-electron chi connectivity index (χ2n) is 5.47. The first-order valence-corrected chi connectivity index (χ1v) is 7.98. The van der Waals surface area contributed by atoms with Gasteiger partial charge in [0.05, 0.1) is 23.5 Å². The number of nitrogens with one attached hydrogen (secondary N) is 1. The minimum absolute atomic E-state index is 0.0163. The molecule has 1 aromatic carbocycles. The maximum absolute atomic E-state index is 12.4. The van der Waals surface area contributed by atoms with Gasteiger partial charge in [-0.2, -0.15) is 0 Å². The van der Waals surface area contributed by atoms with E-state index in [1.165, 1.54) is 12.1 Å². The van der Waals surface area contributed by atoms with Crippen LogP contribution in [0, 0.1) is 12.3 Å². The summed E-state index contributed by atoms with van der Waals surface area (Å²) >= 11 is 0. The van der Waals surface area contributed by atoms with Crippen molar-refractivity contribution < 1.29 is 17.9 Å². The van der Waals surface area contributed by atoms with Crippen molar-refractivity contribution in [1.29, 1.82) is 0 Å². The highest BCUT2D eigenvalue weighted by molar-refractivity contribution is 7.89. The summed E-state index contributed by atoms with van der Waals surface area (Å²) in [6, 6.07) is 4.13. The van der Waals surface area contributed by atoms with E-state index >= 15 is 0 Å². The molecular weight excluding hydrogens is 294 g/mol. The fraction of sp³-hybridized carbons (Fsp3) is 0.462. The normalized spacial score (nSPS) is 25.8. The van der Waals surface area contributed by atoms with Crippen molar-refractivity contribution >= 4 is 21.6 Å². The van der Waals surface area contributed by atoms with Gasteiger partial charge in [0.2, 0.25) is 15.9 Å². The van der Waals surface area contributed by atoms with Crippen molar-refractivity contribution in [3.05, 3.63) is 23.8 Å². The Morgan fingerprint density at radius 1 is 1.48 bits per heavy atom. The van der Waals surface area contributed by atoms with Gasteiger partial charge in [-0.3, -0.25) is 4.79 Å². The Hall–Kier alpha value is -1.48. The molecule has 2 unspecified atom stereocenters. The Bertz CT molecular complexity index is 674. The van der Waals surface area contributed by atoms with E-state index in [9.17, 15) is 13.2 Å². The summed E-state index contributed by atoms with van der Waals surface area (Å²) in [5, 5.41) is 7.86. The highest BCUT2D eigenvalue weighted by atomic mass is 32.2. The summed E-state index contributed by atoms with van der Waals surface area (Å²) < 4.78 is 28.2. The van der Waals surface area contributed by atoms with E-state index in [4.69, 9.17) is 15.6 Å². The van der Waals surface area contributed by atoms with Crippen LogP contribution in [0.4, 0.5) is 5.69 Å². The van der Waals surface area contributed by atoms with Crippen LogP contribution in [0.5, 0.6) is 0 Å². The number of hydrogen-bond donors (Lipinski definition) is 3. The Balaban J connectivity index is 2.31. The minimum atomic E-state index is -3.84. The second kappa shape index (κ2) is 5.38. The smallest absolute Gasteiger partial charge is 0.238 e. The highest BCUT2D eigenvalue weighted by Gasteiger charge is 2.44. The first-order valence-electron chi connectivity index (χ1n) is 6.43. The van der Waals surface area contributed by atoms with Gasteiger partial charge in [-0.1, -0.05) is 6.07 Å². The molecule has 1 aliphatic heterocycles. The number of rotatable bonds is 3. The molecule has 1 aromatic rings. The SMILES string of the molecule is Cc1c(NC(=O)C2(C)COCC2N)cccc1S(N)(=O)=O. The molecule has 1 saturated heterocycles. The zero-order valence-corrected chi connectivity index (χ0v) is 12.7. The molecule has 1 fully saturated rings. The standard InChI is InChI=1S/C13H19N3O4S/c1-8-9(4-3-5-10(8)21(15,18)19)16-12(17)13(2)7-20-6-11(13)14/h3-5,11H,6-7,14H2,1-2H3,(H,16,17)(H2,15,18,19). The van der Waals surface area contributed by atoms with Crippen LogP contribution in [0.2, 0.25) is 0 Å². The van der Waals surface area contributed by atoms with Crippen LogP contribution >= 0.6 is 0 Å². The van der Waals surface area contributed by atoms with E-state index in [-0.39, 0.29) is 17.4 Å². The molecule has 5 N–H and O–H groups in total. The summed E-state index contributed by atoms with van der Waals surface area (Å²) in [5.74, 6) is -0.304. The molecule has 1 heterocycles. The van der Waals surface area contributed by atoms with Crippen molar-refractivity contribution in [1.82, 2.24) is 0 Å². The number of nitrogens with two attached hydrogens (primary N) is 2. The first-order chi connectivity index (χ1) is 9.66. The first kappa shape index (κ1) is 15.9. The number of carbonyl (C=O) groups excluding carboxylic acids is 1. The van der Waals surface area contributed by atoms with Crippen molar-refractivity contribution in [2.45, 2.75) is 24.8 Å². The van der Waals surface area contributed by atoms with Gasteiger partial charge in [0.25, 0.3) is 0 Å². The zero-order valence-electron chi connectivity index (χ0n) is 11.9. The largest absolute Gasteiger partial charge is 0.379 e. The Morgan fingerprint density at radius 3 is 2.67 bits per heavy atom. The van der Waals surface area contributed by atoms with Gasteiger partial charge in [-0.25, -0.2) is 13.6 Å². The predicted octanol–water partition coefficient (Wildman–Crippen LogP) is -0.0553. The Labute approximate surface area is 123 Å². The lowest BCUT2D eigenvalue weighted by molar-refractivity contribution is -0.125. The third-order valence-electron chi connectivity index (χ3n) is 3.88. The van der Waals surface area contributed by atoms with Crippen molar-refractivity contribution in [2.75, 3.05) is 18.5 Å². The van der Waals surface area contributed by atoms with Gasteiger partial charge in [-0.05, 0) is 31.5 Å². The van der Waals surface area contributed by atoms with Crippen LogP contribution in [0.15, 0.2) is 23.1 Å². The number of benzene rings is 1. The summed E-state index contributed by atoms with van der Waals surface area (Å²) in [6.45, 7) is 3.86. The molecule has 0 saturated carbocycles. The van der Waals surface area contributed by atoms with E-state index in [2.05, 4.69) is 5.32 Å². The monoisotopic (exact) mass is 313 g/mol. The van der Waals surface area contributed by atoms with E-state index in [0.29, 0.717) is 17.9 Å². The molecule has 0 radical (unpaired) electrons. The number of amides is 1. The van der Waals surface area contributed by atoms with Gasteiger partial charge >= 0.3 is 0 Å². The molecule has 0 aromatic heterocycles. The van der Waals surface area contributed by atoms with Crippen LogP contribution < -0.4 is 16.2 Å². The van der Waals surface area contributed by atoms with Crippen LogP contribution in [0.3, 0.4) is 0 Å². The van der Waals surface area contributed by atoms with Gasteiger partial charge in [0.15, 0.2) is 0 Å². The van der Waals surface area contributed by atoms with Crippen LogP contribution in [-0.4, -0.2) is 33.6 Å². The lowest BCUT2D eigenvalue weighted by atomic mass is 9.84. The van der Waals surface area contributed by atoms with E-state index in [1.54, 1.807) is 19.9 Å². The van der Waals surface area contributed by atoms with E-state index in [0.717, 1.165) is 0 Å². The number of anilines is 1. The quantitative estimate of drug-likeness (QED) is 0.721. The molecule has 0 spiro atoms. The van der Waals surface area contributed by atoms with Gasteiger partial charge < -0.3 is 15.8 Å². The van der Waals surface area contributed by atoms with Crippen molar-refractivity contribution in [3.63, 3.8) is 0 Å². The Morgan fingerprint density at radius 2 is 2.14 bits per heavy atom. The lowest BCUT2D eigenvalue weighted by Gasteiger charge is -2.26. The number of ether oxygens (including phenoxy) is 1. The number of carbonyl (C=O) groups is 1. The van der Waals surface area contributed by atoms with Gasteiger partial charge in [0.1, 0.15) is 0 Å². The average molecular weight is 313 g/mol. The molecule has 1 aliphatic rings. The van der Waals surface area contributed by atoms with Crippen molar-refractivity contribution in [3.8, 4) is 0 Å². The third-order valence-corrected chi connectivity index (χ3v) is 4.93. The maximum atomic E-state index is 12.4. The fourth-order valence-electron chi connectivity index (χ4n) is 2.25. The summed E-state index contributed by atoms with van der Waals surface area (Å²) in [4.78, 5) is 12.4. The topological polar surface area (TPSA) is 125 Å². The lowest BCUT2D eigenvalue weighted by Crippen LogP contribution is -2.47. The summed E-state index contributed by atoms with van der Waals surface area (Å²) in [5.41, 5.74) is 5.85. The number of sulfonamides is 1.